The summed E-state index contributed by atoms with van der Waals surface area (Å²) in [5.41, 5.74) is 0.762. The third-order valence-electron chi connectivity index (χ3n) is 17.8. The summed E-state index contributed by atoms with van der Waals surface area (Å²) >= 11 is 0. The van der Waals surface area contributed by atoms with Crippen LogP contribution < -0.4 is 0 Å². The number of hydrogen-bond acceptors (Lipinski definition) is 18. The largest absolute Gasteiger partial charge is 0.394 e. The Hall–Kier alpha value is -0.980. The standard InChI is InChI=1S/C45H72O18/c1-19-29-26(62-45(19)13-12-42(3,18-48)63-45)15-25-23-7-6-21-14-22(8-10-43(21,4)24(23)9-11-44(25,29)5)57-41-38(61-40-35(54)33(52)31(50)27(16-46)58-40)36(55)37(28(17-47)59-41)60-39-34(53)32(51)30(49)20(2)56-39/h6,19-20,22-41,46-55H,7-18H2,1-5H3/t19-,20-,22-,23+,24-,25+,26-,27+,28+,29-,30-,31+,32+,33-,34+,35+,36-,37+,38+,39-,40-,41+,42-,43-,44-,45-/m0/s1. The first-order chi connectivity index (χ1) is 29.8. The summed E-state index contributed by atoms with van der Waals surface area (Å²) in [4.78, 5) is 0. The van der Waals surface area contributed by atoms with Crippen LogP contribution in [-0.4, -0.2) is 187 Å². The van der Waals surface area contributed by atoms with Crippen molar-refractivity contribution in [3.63, 3.8) is 0 Å². The lowest BCUT2D eigenvalue weighted by molar-refractivity contribution is -0.390. The second-order valence-corrected chi connectivity index (χ2v) is 21.3. The van der Waals surface area contributed by atoms with Crippen LogP contribution >= 0.6 is 0 Å². The molecule has 9 aliphatic rings. The first-order valence-electron chi connectivity index (χ1n) is 23.4. The van der Waals surface area contributed by atoms with Crippen LogP contribution in [0.5, 0.6) is 0 Å². The third-order valence-corrected chi connectivity index (χ3v) is 17.8. The highest BCUT2D eigenvalue weighted by Crippen LogP contribution is 2.71. The molecule has 0 bridgehead atoms. The van der Waals surface area contributed by atoms with Gasteiger partial charge in [-0.05, 0) is 99.7 Å². The molecule has 9 rings (SSSR count). The Morgan fingerprint density at radius 1 is 0.667 bits per heavy atom. The number of hydrogen-bond donors (Lipinski definition) is 10. The van der Waals surface area contributed by atoms with E-state index in [4.69, 9.17) is 37.9 Å². The van der Waals surface area contributed by atoms with E-state index in [0.717, 1.165) is 44.9 Å². The Bertz CT molecular complexity index is 1670. The maximum absolute atomic E-state index is 12.0. The summed E-state index contributed by atoms with van der Waals surface area (Å²) < 4.78 is 49.9. The van der Waals surface area contributed by atoms with Gasteiger partial charge in [0.15, 0.2) is 24.7 Å². The monoisotopic (exact) mass is 900 g/mol. The average molecular weight is 901 g/mol. The van der Waals surface area contributed by atoms with Gasteiger partial charge in [-0.15, -0.1) is 0 Å². The minimum atomic E-state index is -1.83. The van der Waals surface area contributed by atoms with Crippen LogP contribution in [0.15, 0.2) is 11.6 Å². The molecular formula is C45H72O18. The fourth-order valence-corrected chi connectivity index (χ4v) is 14.2. The predicted molar refractivity (Wildman–Crippen MR) is 216 cm³/mol. The molecule has 26 atom stereocenters. The van der Waals surface area contributed by atoms with Gasteiger partial charge >= 0.3 is 0 Å². The molecule has 4 aliphatic carbocycles. The molecule has 0 unspecified atom stereocenters. The van der Waals surface area contributed by atoms with Crippen molar-refractivity contribution in [3.8, 4) is 0 Å². The molecule has 3 saturated carbocycles. The minimum Gasteiger partial charge on any atom is -0.394 e. The molecule has 1 spiro atoms. The van der Waals surface area contributed by atoms with Gasteiger partial charge in [0.1, 0.15) is 67.1 Å². The van der Waals surface area contributed by atoms with E-state index in [-0.39, 0.29) is 29.5 Å². The molecule has 5 heterocycles. The van der Waals surface area contributed by atoms with Gasteiger partial charge in [-0.2, -0.15) is 0 Å². The highest BCUT2D eigenvalue weighted by atomic mass is 16.8. The van der Waals surface area contributed by atoms with E-state index in [0.29, 0.717) is 36.5 Å². The molecule has 63 heavy (non-hydrogen) atoms. The van der Waals surface area contributed by atoms with E-state index in [1.165, 1.54) is 12.5 Å². The minimum absolute atomic E-state index is 0.0192. The average Bonchev–Trinajstić information content (AvgIpc) is 3.87. The second-order valence-electron chi connectivity index (χ2n) is 21.3. The maximum atomic E-state index is 12.0. The van der Waals surface area contributed by atoms with Crippen molar-refractivity contribution in [1.82, 2.24) is 0 Å². The molecule has 0 amide bonds. The summed E-state index contributed by atoms with van der Waals surface area (Å²) in [6, 6.07) is 0. The van der Waals surface area contributed by atoms with Crippen molar-refractivity contribution in [2.45, 2.75) is 208 Å². The van der Waals surface area contributed by atoms with Gasteiger partial charge in [0.2, 0.25) is 0 Å². The summed E-state index contributed by atoms with van der Waals surface area (Å²) in [6.07, 6.45) is -13.2. The number of fused-ring (bicyclic) bond motifs is 7. The lowest BCUT2D eigenvalue weighted by Gasteiger charge is -2.58. The van der Waals surface area contributed by atoms with Gasteiger partial charge < -0.3 is 89.0 Å². The molecule has 18 heteroatoms. The summed E-state index contributed by atoms with van der Waals surface area (Å²) in [7, 11) is 0. The SMILES string of the molecule is C[C@@H]1O[C@@H](O[C@H]2[C@H](O)[C@@H](O[C@@H]3O[C@H](CO)[C@@H](O)[C@H](O)[C@H]3O)[C@H](O[C@H]3CC[C@@]4(C)C(=CC[C@H]5[C@H]6C[C@@H]7O[C@]8(CC[C@@](C)(CO)O8)[C@@H](C)[C@@H]7[C@@]6(C)CC[C@@H]54)C3)O[C@@H]2CO)[C@H](O)[C@H](O)[C@H]1O. The van der Waals surface area contributed by atoms with Crippen LogP contribution in [0.25, 0.3) is 0 Å². The van der Waals surface area contributed by atoms with Crippen LogP contribution in [0.1, 0.15) is 92.4 Å². The quantitative estimate of drug-likeness (QED) is 0.129. The zero-order valence-corrected chi connectivity index (χ0v) is 37.0. The van der Waals surface area contributed by atoms with Gasteiger partial charge in [-0.3, -0.25) is 0 Å². The van der Waals surface area contributed by atoms with Gasteiger partial charge in [-0.25, -0.2) is 0 Å². The van der Waals surface area contributed by atoms with Gasteiger partial charge in [0, 0.05) is 12.3 Å². The Morgan fingerprint density at radius 3 is 2.02 bits per heavy atom. The summed E-state index contributed by atoms with van der Waals surface area (Å²) in [5.74, 6) is 1.43. The molecule has 0 radical (unpaired) electrons. The lowest BCUT2D eigenvalue weighted by atomic mass is 9.47. The zero-order chi connectivity index (χ0) is 45.1. The zero-order valence-electron chi connectivity index (χ0n) is 37.0. The van der Waals surface area contributed by atoms with Gasteiger partial charge in [0.05, 0.1) is 43.7 Å². The predicted octanol–water partition coefficient (Wildman–Crippen LogP) is -0.671. The molecule has 5 saturated heterocycles. The first-order valence-corrected chi connectivity index (χ1v) is 23.4. The first kappa shape index (κ1) is 47.1. The van der Waals surface area contributed by atoms with Gasteiger partial charge in [-0.1, -0.05) is 32.4 Å². The summed E-state index contributed by atoms with van der Waals surface area (Å²) in [5, 5.41) is 106. The molecule has 5 aliphatic heterocycles. The molecule has 8 fully saturated rings. The maximum Gasteiger partial charge on any atom is 0.187 e. The van der Waals surface area contributed by atoms with E-state index < -0.39 is 123 Å². The van der Waals surface area contributed by atoms with Crippen molar-refractivity contribution in [1.29, 1.82) is 0 Å². The topological polar surface area (TPSA) is 276 Å². The normalized spacial score (nSPS) is 57.9. The molecular weight excluding hydrogens is 828 g/mol. The highest BCUT2D eigenvalue weighted by molar-refractivity contribution is 5.26. The van der Waals surface area contributed by atoms with E-state index >= 15 is 0 Å². The van der Waals surface area contributed by atoms with Crippen LogP contribution in [0.3, 0.4) is 0 Å². The van der Waals surface area contributed by atoms with Crippen molar-refractivity contribution in [3.05, 3.63) is 11.6 Å². The molecule has 0 aromatic rings. The number of aliphatic hydroxyl groups is 10. The highest BCUT2D eigenvalue weighted by Gasteiger charge is 2.70. The fraction of sp³-hybridized carbons (Fsp3) is 0.956. The van der Waals surface area contributed by atoms with E-state index in [1.807, 2.05) is 6.92 Å². The Labute approximate surface area is 368 Å². The van der Waals surface area contributed by atoms with Crippen molar-refractivity contribution in [2.75, 3.05) is 19.8 Å². The number of ether oxygens (including phenoxy) is 8. The van der Waals surface area contributed by atoms with E-state index in [1.54, 1.807) is 0 Å². The number of rotatable bonds is 9. The van der Waals surface area contributed by atoms with Crippen molar-refractivity contribution < 1.29 is 89.0 Å². The molecule has 360 valence electrons. The van der Waals surface area contributed by atoms with Crippen LogP contribution in [0, 0.1) is 40.4 Å². The van der Waals surface area contributed by atoms with Crippen molar-refractivity contribution >= 4 is 0 Å². The van der Waals surface area contributed by atoms with Crippen LogP contribution in [-0.2, 0) is 37.9 Å². The van der Waals surface area contributed by atoms with Crippen LogP contribution in [0.2, 0.25) is 0 Å². The van der Waals surface area contributed by atoms with Crippen LogP contribution in [0.4, 0.5) is 0 Å². The Kier molecular flexibility index (Phi) is 12.9. The lowest BCUT2D eigenvalue weighted by Crippen LogP contribution is -2.67. The fourth-order valence-electron chi connectivity index (χ4n) is 14.2. The second kappa shape index (κ2) is 17.2. The van der Waals surface area contributed by atoms with Gasteiger partial charge in [0.25, 0.3) is 0 Å². The Morgan fingerprint density at radius 2 is 1.33 bits per heavy atom. The van der Waals surface area contributed by atoms with E-state index in [9.17, 15) is 51.1 Å². The molecule has 0 aromatic heterocycles. The number of aliphatic hydroxyl groups excluding tert-OH is 10. The number of allylic oxidation sites excluding steroid dienone is 1. The van der Waals surface area contributed by atoms with Crippen molar-refractivity contribution in [2.24, 2.45) is 40.4 Å². The Balaban J connectivity index is 0.920. The summed E-state index contributed by atoms with van der Waals surface area (Å²) in [6.45, 7) is 9.19. The third kappa shape index (κ3) is 7.62. The molecule has 0 aromatic carbocycles. The smallest absolute Gasteiger partial charge is 0.187 e. The molecule has 10 N–H and O–H groups in total. The van der Waals surface area contributed by atoms with E-state index in [2.05, 4.69) is 26.8 Å². The molecule has 18 nitrogen and oxygen atoms in total.